The summed E-state index contributed by atoms with van der Waals surface area (Å²) in [5, 5.41) is 2.83. The van der Waals surface area contributed by atoms with Crippen LogP contribution in [0.3, 0.4) is 0 Å². The molecule has 0 spiro atoms. The average molecular weight is 312 g/mol. The Balaban J connectivity index is 1.96. The van der Waals surface area contributed by atoms with Crippen molar-refractivity contribution in [3.63, 3.8) is 0 Å². The molecule has 4 nitrogen and oxygen atoms in total. The van der Waals surface area contributed by atoms with E-state index in [4.69, 9.17) is 4.74 Å². The van der Waals surface area contributed by atoms with Crippen LogP contribution in [0.25, 0.3) is 0 Å². The summed E-state index contributed by atoms with van der Waals surface area (Å²) in [5.41, 5.74) is 0.0769. The number of hydrogen-bond acceptors (Lipinski definition) is 3. The van der Waals surface area contributed by atoms with Crippen molar-refractivity contribution in [1.29, 1.82) is 0 Å². The van der Waals surface area contributed by atoms with Crippen molar-refractivity contribution >= 4 is 11.8 Å². The Kier molecular flexibility index (Phi) is 4.88. The first-order chi connectivity index (χ1) is 10.2. The molecule has 1 aliphatic heterocycles. The first kappa shape index (κ1) is 16.5. The second-order valence-electron chi connectivity index (χ2n) is 6.53. The number of benzene rings is 1. The number of halogens is 2. The first-order valence-corrected chi connectivity index (χ1v) is 7.44. The van der Waals surface area contributed by atoms with Crippen molar-refractivity contribution in [2.75, 3.05) is 18.0 Å². The molecule has 1 fully saturated rings. The van der Waals surface area contributed by atoms with Gasteiger partial charge in [0.05, 0.1) is 0 Å². The predicted octanol–water partition coefficient (Wildman–Crippen LogP) is 3.46. The summed E-state index contributed by atoms with van der Waals surface area (Å²) in [7, 11) is 0. The molecule has 22 heavy (non-hydrogen) atoms. The van der Waals surface area contributed by atoms with Crippen LogP contribution in [0, 0.1) is 11.6 Å². The van der Waals surface area contributed by atoms with Gasteiger partial charge in [-0.15, -0.1) is 0 Å². The van der Waals surface area contributed by atoms with Crippen LogP contribution in [0.2, 0.25) is 0 Å². The molecular weight excluding hydrogens is 290 g/mol. The molecule has 0 bridgehead atoms. The monoisotopic (exact) mass is 312 g/mol. The molecule has 1 amide bonds. The maximum absolute atomic E-state index is 13.3. The lowest BCUT2D eigenvalue weighted by Gasteiger charge is -2.35. The fourth-order valence-electron chi connectivity index (χ4n) is 2.49. The summed E-state index contributed by atoms with van der Waals surface area (Å²) in [6.07, 6.45) is 1.24. The van der Waals surface area contributed by atoms with E-state index in [2.05, 4.69) is 5.32 Å². The van der Waals surface area contributed by atoms with Gasteiger partial charge in [-0.05, 0) is 45.7 Å². The summed E-state index contributed by atoms with van der Waals surface area (Å²) in [6, 6.07) is 3.78. The number of amides is 1. The summed E-state index contributed by atoms with van der Waals surface area (Å²) < 4.78 is 31.6. The SMILES string of the molecule is CC(C)(C)OC(=O)NC1CCCN(c2ccc(F)c(F)c2)C1. The van der Waals surface area contributed by atoms with Crippen LogP contribution in [-0.4, -0.2) is 30.8 Å². The van der Waals surface area contributed by atoms with Gasteiger partial charge in [-0.2, -0.15) is 0 Å². The standard InChI is InChI=1S/C16H22F2N2O2/c1-16(2,3)22-15(21)19-11-5-4-8-20(10-11)12-6-7-13(17)14(18)9-12/h6-7,9,11H,4-5,8,10H2,1-3H3,(H,19,21). The fourth-order valence-corrected chi connectivity index (χ4v) is 2.49. The van der Waals surface area contributed by atoms with Crippen molar-refractivity contribution in [3.05, 3.63) is 29.8 Å². The minimum Gasteiger partial charge on any atom is -0.444 e. The Bertz CT molecular complexity index is 543. The Morgan fingerprint density at radius 2 is 2.05 bits per heavy atom. The van der Waals surface area contributed by atoms with Gasteiger partial charge < -0.3 is 15.0 Å². The minimum atomic E-state index is -0.861. The van der Waals surface area contributed by atoms with Gasteiger partial charge in [0.25, 0.3) is 0 Å². The Hall–Kier alpha value is -1.85. The second kappa shape index (κ2) is 6.50. The van der Waals surface area contributed by atoms with E-state index < -0.39 is 23.3 Å². The number of rotatable bonds is 2. The molecule has 6 heteroatoms. The van der Waals surface area contributed by atoms with Gasteiger partial charge in [0.1, 0.15) is 5.60 Å². The van der Waals surface area contributed by atoms with Gasteiger partial charge >= 0.3 is 6.09 Å². The van der Waals surface area contributed by atoms with Gasteiger partial charge in [-0.3, -0.25) is 0 Å². The zero-order valence-electron chi connectivity index (χ0n) is 13.2. The Labute approximate surface area is 129 Å². The molecule has 1 aliphatic rings. The van der Waals surface area contributed by atoms with Crippen LogP contribution in [0.1, 0.15) is 33.6 Å². The van der Waals surface area contributed by atoms with E-state index in [1.54, 1.807) is 26.8 Å². The molecule has 0 aromatic heterocycles. The molecule has 0 saturated carbocycles. The van der Waals surface area contributed by atoms with Crippen LogP contribution in [0.5, 0.6) is 0 Å². The third-order valence-electron chi connectivity index (χ3n) is 3.41. The highest BCUT2D eigenvalue weighted by Crippen LogP contribution is 2.22. The number of anilines is 1. The number of alkyl carbamates (subject to hydrolysis) is 1. The lowest BCUT2D eigenvalue weighted by atomic mass is 10.0. The summed E-state index contributed by atoms with van der Waals surface area (Å²) in [6.45, 7) is 6.71. The molecule has 1 aromatic carbocycles. The van der Waals surface area contributed by atoms with E-state index in [0.717, 1.165) is 25.5 Å². The molecule has 1 unspecified atom stereocenters. The molecule has 122 valence electrons. The van der Waals surface area contributed by atoms with Crippen molar-refractivity contribution in [1.82, 2.24) is 5.32 Å². The van der Waals surface area contributed by atoms with Crippen LogP contribution >= 0.6 is 0 Å². The second-order valence-corrected chi connectivity index (χ2v) is 6.53. The zero-order chi connectivity index (χ0) is 16.3. The Morgan fingerprint density at radius 1 is 1.32 bits per heavy atom. The van der Waals surface area contributed by atoms with E-state index in [1.165, 1.54) is 6.07 Å². The lowest BCUT2D eigenvalue weighted by Crippen LogP contribution is -2.49. The van der Waals surface area contributed by atoms with Gasteiger partial charge in [-0.1, -0.05) is 0 Å². The highest BCUT2D eigenvalue weighted by atomic mass is 19.2. The quantitative estimate of drug-likeness (QED) is 0.909. The van der Waals surface area contributed by atoms with Crippen LogP contribution in [0.4, 0.5) is 19.3 Å². The Morgan fingerprint density at radius 3 is 2.68 bits per heavy atom. The number of ether oxygens (including phenoxy) is 1. The number of piperidine rings is 1. The number of carbonyl (C=O) groups excluding carboxylic acids is 1. The largest absolute Gasteiger partial charge is 0.444 e. The number of nitrogens with one attached hydrogen (secondary N) is 1. The van der Waals surface area contributed by atoms with E-state index in [1.807, 2.05) is 4.90 Å². The number of carbonyl (C=O) groups is 1. The van der Waals surface area contributed by atoms with E-state index in [9.17, 15) is 13.6 Å². The van der Waals surface area contributed by atoms with Crippen LogP contribution in [-0.2, 0) is 4.74 Å². The highest BCUT2D eigenvalue weighted by Gasteiger charge is 2.24. The minimum absolute atomic E-state index is 0.0725. The topological polar surface area (TPSA) is 41.6 Å². The third-order valence-corrected chi connectivity index (χ3v) is 3.41. The van der Waals surface area contributed by atoms with Crippen molar-refractivity contribution in [3.8, 4) is 0 Å². The van der Waals surface area contributed by atoms with Crippen molar-refractivity contribution in [2.24, 2.45) is 0 Å². The maximum Gasteiger partial charge on any atom is 0.407 e. The van der Waals surface area contributed by atoms with E-state index >= 15 is 0 Å². The van der Waals surface area contributed by atoms with Crippen LogP contribution < -0.4 is 10.2 Å². The normalized spacial score (nSPS) is 19.0. The predicted molar refractivity (Wildman–Crippen MR) is 81.0 cm³/mol. The molecule has 1 N–H and O–H groups in total. The van der Waals surface area contributed by atoms with E-state index in [0.29, 0.717) is 12.2 Å². The zero-order valence-corrected chi connectivity index (χ0v) is 13.2. The van der Waals surface area contributed by atoms with Crippen LogP contribution in [0.15, 0.2) is 18.2 Å². The number of nitrogens with zero attached hydrogens (tertiary/aromatic N) is 1. The van der Waals surface area contributed by atoms with Gasteiger partial charge in [0.15, 0.2) is 11.6 Å². The summed E-state index contributed by atoms with van der Waals surface area (Å²) >= 11 is 0. The molecule has 0 aliphatic carbocycles. The summed E-state index contributed by atoms with van der Waals surface area (Å²) in [4.78, 5) is 13.7. The van der Waals surface area contributed by atoms with E-state index in [-0.39, 0.29) is 6.04 Å². The smallest absolute Gasteiger partial charge is 0.407 e. The molecule has 2 rings (SSSR count). The number of hydrogen-bond donors (Lipinski definition) is 1. The fraction of sp³-hybridized carbons (Fsp3) is 0.562. The summed E-state index contributed by atoms with van der Waals surface area (Å²) in [5.74, 6) is -1.72. The molecular formula is C16H22F2N2O2. The highest BCUT2D eigenvalue weighted by molar-refractivity contribution is 5.68. The van der Waals surface area contributed by atoms with Gasteiger partial charge in [-0.25, -0.2) is 13.6 Å². The average Bonchev–Trinajstić information content (AvgIpc) is 2.40. The van der Waals surface area contributed by atoms with Crippen molar-refractivity contribution in [2.45, 2.75) is 45.3 Å². The lowest BCUT2D eigenvalue weighted by molar-refractivity contribution is 0.0500. The van der Waals surface area contributed by atoms with Gasteiger partial charge in [0.2, 0.25) is 0 Å². The van der Waals surface area contributed by atoms with Gasteiger partial charge in [0, 0.05) is 30.9 Å². The maximum atomic E-state index is 13.3. The molecule has 1 atom stereocenters. The molecule has 0 radical (unpaired) electrons. The third kappa shape index (κ3) is 4.58. The first-order valence-electron chi connectivity index (χ1n) is 7.44. The molecule has 1 heterocycles. The molecule has 1 saturated heterocycles. The molecule has 1 aromatic rings. The van der Waals surface area contributed by atoms with Crippen molar-refractivity contribution < 1.29 is 18.3 Å².